The number of halogens is 1. The maximum Gasteiger partial charge on any atom is 0.341 e. The minimum Gasteiger partial charge on any atom is -0.462 e. The van der Waals surface area contributed by atoms with Gasteiger partial charge in [-0.15, -0.1) is 0 Å². The van der Waals surface area contributed by atoms with Gasteiger partial charge < -0.3 is 15.0 Å². The summed E-state index contributed by atoms with van der Waals surface area (Å²) >= 11 is 5.91. The Hall–Kier alpha value is -2.11. The molecule has 0 amide bonds. The van der Waals surface area contributed by atoms with Crippen molar-refractivity contribution in [2.75, 3.05) is 25.5 Å². The zero-order valence-corrected chi connectivity index (χ0v) is 15.7. The predicted octanol–water partition coefficient (Wildman–Crippen LogP) is 4.51. The summed E-state index contributed by atoms with van der Waals surface area (Å²) in [4.78, 5) is 19.1. The van der Waals surface area contributed by atoms with Gasteiger partial charge in [0.15, 0.2) is 0 Å². The van der Waals surface area contributed by atoms with Crippen LogP contribution in [0.1, 0.15) is 36.0 Å². The first-order chi connectivity index (χ1) is 12.6. The number of anilines is 2. The van der Waals surface area contributed by atoms with Crippen molar-refractivity contribution in [3.8, 4) is 0 Å². The molecule has 1 fully saturated rings. The normalized spacial score (nSPS) is 17.7. The van der Waals surface area contributed by atoms with E-state index in [1.54, 1.807) is 30.5 Å². The minimum absolute atomic E-state index is 0.354. The molecule has 1 aromatic heterocycles. The first kappa shape index (κ1) is 18.7. The van der Waals surface area contributed by atoms with Gasteiger partial charge in [-0.25, -0.2) is 9.78 Å². The Morgan fingerprint density at radius 2 is 2.12 bits per heavy atom. The van der Waals surface area contributed by atoms with Gasteiger partial charge >= 0.3 is 5.97 Å². The molecule has 2 heterocycles. The summed E-state index contributed by atoms with van der Waals surface area (Å²) in [6.45, 7) is 1.54. The molecule has 0 aliphatic carbocycles. The van der Waals surface area contributed by atoms with Crippen molar-refractivity contribution in [1.29, 1.82) is 0 Å². The Bertz CT molecular complexity index is 736. The number of hydrogen-bond donors (Lipinski definition) is 1. The van der Waals surface area contributed by atoms with Crippen LogP contribution in [-0.4, -0.2) is 42.1 Å². The molecule has 3 rings (SSSR count). The van der Waals surface area contributed by atoms with Gasteiger partial charge in [0, 0.05) is 22.9 Å². The van der Waals surface area contributed by atoms with E-state index in [1.807, 2.05) is 12.1 Å². The summed E-state index contributed by atoms with van der Waals surface area (Å²) in [5, 5.41) is 3.81. The number of ether oxygens (including phenoxy) is 1. The van der Waals surface area contributed by atoms with E-state index in [2.05, 4.69) is 22.2 Å². The molecule has 26 heavy (non-hydrogen) atoms. The molecular weight excluding hydrogens is 350 g/mol. The molecule has 0 spiro atoms. The highest BCUT2D eigenvalue weighted by Gasteiger charge is 2.20. The number of rotatable bonds is 6. The van der Waals surface area contributed by atoms with Crippen molar-refractivity contribution >= 4 is 29.1 Å². The number of carbonyl (C=O) groups excluding carboxylic acids is 1. The van der Waals surface area contributed by atoms with Gasteiger partial charge in [-0.05, 0) is 69.3 Å². The van der Waals surface area contributed by atoms with Gasteiger partial charge in [0.2, 0.25) is 0 Å². The van der Waals surface area contributed by atoms with Crippen molar-refractivity contribution in [2.24, 2.45) is 0 Å². The van der Waals surface area contributed by atoms with Crippen LogP contribution < -0.4 is 5.32 Å². The van der Waals surface area contributed by atoms with Crippen LogP contribution in [0.5, 0.6) is 0 Å². The van der Waals surface area contributed by atoms with Crippen LogP contribution in [0.15, 0.2) is 42.6 Å². The molecule has 1 unspecified atom stereocenters. The molecule has 0 bridgehead atoms. The van der Waals surface area contributed by atoms with Crippen molar-refractivity contribution in [1.82, 2.24) is 9.88 Å². The van der Waals surface area contributed by atoms with Crippen LogP contribution in [-0.2, 0) is 4.74 Å². The molecular formula is C20H24ClN3O2. The quantitative estimate of drug-likeness (QED) is 0.755. The highest BCUT2D eigenvalue weighted by Crippen LogP contribution is 2.22. The van der Waals surface area contributed by atoms with E-state index >= 15 is 0 Å². The van der Waals surface area contributed by atoms with Gasteiger partial charge in [0.05, 0.1) is 6.61 Å². The highest BCUT2D eigenvalue weighted by atomic mass is 35.5. The Morgan fingerprint density at radius 3 is 2.88 bits per heavy atom. The smallest absolute Gasteiger partial charge is 0.341 e. The third-order valence-electron chi connectivity index (χ3n) is 4.74. The second-order valence-corrected chi connectivity index (χ2v) is 7.02. The van der Waals surface area contributed by atoms with Crippen LogP contribution >= 0.6 is 11.6 Å². The molecule has 0 radical (unpaired) electrons. The lowest BCUT2D eigenvalue weighted by atomic mass is 10.0. The fourth-order valence-corrected chi connectivity index (χ4v) is 3.34. The lowest BCUT2D eigenvalue weighted by Gasteiger charge is -2.32. The Balaban J connectivity index is 1.59. The first-order valence-electron chi connectivity index (χ1n) is 8.98. The van der Waals surface area contributed by atoms with Crippen LogP contribution in [0, 0.1) is 0 Å². The fourth-order valence-electron chi connectivity index (χ4n) is 3.21. The minimum atomic E-state index is -0.354. The van der Waals surface area contributed by atoms with Gasteiger partial charge in [-0.3, -0.25) is 0 Å². The maximum atomic E-state index is 12.5. The van der Waals surface area contributed by atoms with E-state index in [1.165, 1.54) is 19.3 Å². The maximum absolute atomic E-state index is 12.5. The number of aromatic nitrogens is 1. The van der Waals surface area contributed by atoms with Gasteiger partial charge in [-0.2, -0.15) is 0 Å². The molecule has 1 aromatic carbocycles. The third kappa shape index (κ3) is 4.96. The molecule has 6 heteroatoms. The van der Waals surface area contributed by atoms with E-state index in [0.717, 1.165) is 18.7 Å². The summed E-state index contributed by atoms with van der Waals surface area (Å²) in [7, 11) is 2.14. The lowest BCUT2D eigenvalue weighted by Crippen LogP contribution is -2.37. The zero-order chi connectivity index (χ0) is 18.4. The van der Waals surface area contributed by atoms with Crippen LogP contribution in [0.25, 0.3) is 0 Å². The first-order valence-corrected chi connectivity index (χ1v) is 9.36. The second-order valence-electron chi connectivity index (χ2n) is 6.59. The number of hydrogen-bond acceptors (Lipinski definition) is 5. The molecule has 1 saturated heterocycles. The molecule has 1 aliphatic rings. The Labute approximate surface area is 159 Å². The summed E-state index contributed by atoms with van der Waals surface area (Å²) in [6.07, 6.45) is 6.18. The van der Waals surface area contributed by atoms with E-state index in [4.69, 9.17) is 16.3 Å². The van der Waals surface area contributed by atoms with Gasteiger partial charge in [0.1, 0.15) is 11.4 Å². The fraction of sp³-hybridized carbons (Fsp3) is 0.400. The SMILES string of the molecule is CN1CCCCC1CCOC(=O)c1cccnc1Nc1ccc(Cl)cc1. The number of esters is 1. The summed E-state index contributed by atoms with van der Waals surface area (Å²) in [5.74, 6) is 0.127. The Morgan fingerprint density at radius 1 is 1.31 bits per heavy atom. The van der Waals surface area contributed by atoms with Crippen molar-refractivity contribution < 1.29 is 9.53 Å². The average Bonchev–Trinajstić information content (AvgIpc) is 2.65. The standard InChI is InChI=1S/C20H24ClN3O2/c1-24-13-3-2-5-17(24)11-14-26-20(25)18-6-4-12-22-19(18)23-16-9-7-15(21)8-10-16/h4,6-10,12,17H,2-3,5,11,13-14H2,1H3,(H,22,23). The molecule has 5 nitrogen and oxygen atoms in total. The summed E-state index contributed by atoms with van der Waals surface area (Å²) in [5.41, 5.74) is 1.24. The highest BCUT2D eigenvalue weighted by molar-refractivity contribution is 6.30. The molecule has 0 saturated carbocycles. The average molecular weight is 374 g/mol. The number of carbonyl (C=O) groups is 1. The van der Waals surface area contributed by atoms with Gasteiger partial charge in [0.25, 0.3) is 0 Å². The van der Waals surface area contributed by atoms with E-state index < -0.39 is 0 Å². The van der Waals surface area contributed by atoms with E-state index in [9.17, 15) is 4.79 Å². The number of likely N-dealkylation sites (tertiary alicyclic amines) is 1. The van der Waals surface area contributed by atoms with E-state index in [-0.39, 0.29) is 5.97 Å². The Kier molecular flexibility index (Phi) is 6.47. The predicted molar refractivity (Wildman–Crippen MR) is 104 cm³/mol. The van der Waals surface area contributed by atoms with Crippen molar-refractivity contribution in [2.45, 2.75) is 31.7 Å². The van der Waals surface area contributed by atoms with Crippen molar-refractivity contribution in [3.63, 3.8) is 0 Å². The second kappa shape index (κ2) is 9.01. The van der Waals surface area contributed by atoms with Crippen LogP contribution in [0.2, 0.25) is 5.02 Å². The molecule has 1 atom stereocenters. The van der Waals surface area contributed by atoms with Gasteiger partial charge in [-0.1, -0.05) is 18.0 Å². The number of pyridine rings is 1. The number of benzene rings is 1. The monoisotopic (exact) mass is 373 g/mol. The largest absolute Gasteiger partial charge is 0.462 e. The van der Waals surface area contributed by atoms with Crippen LogP contribution in [0.4, 0.5) is 11.5 Å². The summed E-state index contributed by atoms with van der Waals surface area (Å²) < 4.78 is 5.51. The molecule has 138 valence electrons. The topological polar surface area (TPSA) is 54.5 Å². The van der Waals surface area contributed by atoms with E-state index in [0.29, 0.717) is 29.1 Å². The number of piperidine rings is 1. The molecule has 1 N–H and O–H groups in total. The zero-order valence-electron chi connectivity index (χ0n) is 15.0. The third-order valence-corrected chi connectivity index (χ3v) is 4.99. The number of nitrogens with zero attached hydrogens (tertiary/aromatic N) is 2. The van der Waals surface area contributed by atoms with Crippen molar-refractivity contribution in [3.05, 3.63) is 53.2 Å². The molecule has 1 aliphatic heterocycles. The van der Waals surface area contributed by atoms with Crippen LogP contribution in [0.3, 0.4) is 0 Å². The molecule has 2 aromatic rings. The number of nitrogens with one attached hydrogen (secondary N) is 1. The lowest BCUT2D eigenvalue weighted by molar-refractivity contribution is 0.0451. The summed E-state index contributed by atoms with van der Waals surface area (Å²) in [6, 6.07) is 11.2.